The van der Waals surface area contributed by atoms with Gasteiger partial charge in [0, 0.05) is 18.1 Å². The number of likely N-dealkylation sites (tertiary alicyclic amines) is 1. The fraction of sp³-hybridized carbons (Fsp3) is 0.304. The summed E-state index contributed by atoms with van der Waals surface area (Å²) >= 11 is 6.28. The first-order valence-electron chi connectivity index (χ1n) is 9.72. The summed E-state index contributed by atoms with van der Waals surface area (Å²) in [4.78, 5) is 30.1. The summed E-state index contributed by atoms with van der Waals surface area (Å²) in [6, 6.07) is 15.2. The van der Waals surface area contributed by atoms with Gasteiger partial charge in [0.05, 0.1) is 12.1 Å². The van der Waals surface area contributed by atoms with Crippen LogP contribution in [0.5, 0.6) is 0 Å². The van der Waals surface area contributed by atoms with E-state index in [1.807, 2.05) is 49.4 Å². The van der Waals surface area contributed by atoms with E-state index in [0.717, 1.165) is 49.0 Å². The molecule has 4 nitrogen and oxygen atoms in total. The molecule has 2 heterocycles. The molecule has 2 aliphatic rings. The Morgan fingerprint density at radius 2 is 1.57 bits per heavy atom. The van der Waals surface area contributed by atoms with Gasteiger partial charge in [0.15, 0.2) is 0 Å². The second-order valence-corrected chi connectivity index (χ2v) is 7.83. The second-order valence-electron chi connectivity index (χ2n) is 7.43. The lowest BCUT2D eigenvalue weighted by Crippen LogP contribution is -2.36. The third-order valence-electron chi connectivity index (χ3n) is 5.44. The van der Waals surface area contributed by atoms with Crippen LogP contribution in [-0.4, -0.2) is 34.7 Å². The number of imide groups is 1. The highest BCUT2D eigenvalue weighted by atomic mass is 35.5. The topological polar surface area (TPSA) is 40.6 Å². The minimum atomic E-state index is -0.241. The van der Waals surface area contributed by atoms with Crippen molar-refractivity contribution in [2.75, 3.05) is 13.1 Å². The first kappa shape index (κ1) is 18.8. The lowest BCUT2D eigenvalue weighted by molar-refractivity contribution is -0.138. The van der Waals surface area contributed by atoms with Gasteiger partial charge < -0.3 is 4.90 Å². The number of carbonyl (C=O) groups is 2. The Hall–Kier alpha value is -2.59. The minimum Gasteiger partial charge on any atom is -0.366 e. The first-order chi connectivity index (χ1) is 13.6. The molecule has 0 aliphatic carbocycles. The Bertz CT molecular complexity index is 943. The number of carbonyl (C=O) groups excluding carboxylic acids is 2. The fourth-order valence-electron chi connectivity index (χ4n) is 3.90. The molecule has 2 aliphatic heterocycles. The lowest BCUT2D eigenvalue weighted by Gasteiger charge is -2.29. The second kappa shape index (κ2) is 7.80. The Morgan fingerprint density at radius 1 is 0.893 bits per heavy atom. The third kappa shape index (κ3) is 3.45. The summed E-state index contributed by atoms with van der Waals surface area (Å²) in [6.07, 6.45) is 3.24. The highest BCUT2D eigenvalue weighted by Crippen LogP contribution is 2.34. The number of benzene rings is 2. The van der Waals surface area contributed by atoms with Crippen molar-refractivity contribution < 1.29 is 9.59 Å². The maximum absolute atomic E-state index is 13.3. The summed E-state index contributed by atoms with van der Waals surface area (Å²) < 4.78 is 0. The molecule has 0 atom stereocenters. The fourth-order valence-corrected chi connectivity index (χ4v) is 4.09. The van der Waals surface area contributed by atoms with E-state index >= 15 is 0 Å². The number of amides is 2. The molecule has 0 unspecified atom stereocenters. The van der Waals surface area contributed by atoms with Crippen molar-refractivity contribution in [3.05, 3.63) is 75.9 Å². The van der Waals surface area contributed by atoms with Crippen molar-refractivity contribution >= 4 is 29.0 Å². The predicted molar refractivity (Wildman–Crippen MR) is 111 cm³/mol. The van der Waals surface area contributed by atoms with Gasteiger partial charge in [-0.25, -0.2) is 0 Å². The highest BCUT2D eigenvalue weighted by Gasteiger charge is 2.41. The Kier molecular flexibility index (Phi) is 5.23. The first-order valence-corrected chi connectivity index (χ1v) is 10.1. The summed E-state index contributed by atoms with van der Waals surface area (Å²) in [5.41, 5.74) is 3.74. The number of halogens is 1. The van der Waals surface area contributed by atoms with Gasteiger partial charge in [-0.1, -0.05) is 59.6 Å². The quantitative estimate of drug-likeness (QED) is 0.721. The van der Waals surface area contributed by atoms with Crippen LogP contribution in [0.15, 0.2) is 54.2 Å². The van der Waals surface area contributed by atoms with Gasteiger partial charge in [0.25, 0.3) is 11.8 Å². The van der Waals surface area contributed by atoms with Gasteiger partial charge in [0.2, 0.25) is 0 Å². The Balaban J connectivity index is 1.74. The van der Waals surface area contributed by atoms with Crippen molar-refractivity contribution in [2.24, 2.45) is 0 Å². The SMILES string of the molecule is Cc1ccc(C2=C(N3CCCCC3)C(=O)N(Cc3ccccc3Cl)C2=O)cc1. The molecule has 0 radical (unpaired) electrons. The molecule has 5 heteroatoms. The van der Waals surface area contributed by atoms with Gasteiger partial charge in [-0.3, -0.25) is 14.5 Å². The van der Waals surface area contributed by atoms with E-state index in [9.17, 15) is 9.59 Å². The predicted octanol–water partition coefficient (Wildman–Crippen LogP) is 4.41. The van der Waals surface area contributed by atoms with E-state index in [2.05, 4.69) is 4.90 Å². The molecule has 1 fully saturated rings. The molecule has 0 saturated carbocycles. The van der Waals surface area contributed by atoms with Crippen molar-refractivity contribution in [3.63, 3.8) is 0 Å². The van der Waals surface area contributed by atoms with Crippen LogP contribution in [0, 0.1) is 6.92 Å². The average molecular weight is 395 g/mol. The van der Waals surface area contributed by atoms with Gasteiger partial charge in [-0.2, -0.15) is 0 Å². The third-order valence-corrected chi connectivity index (χ3v) is 5.81. The number of nitrogens with zero attached hydrogens (tertiary/aromatic N) is 2. The summed E-state index contributed by atoms with van der Waals surface area (Å²) in [7, 11) is 0. The van der Waals surface area contributed by atoms with E-state index in [0.29, 0.717) is 16.3 Å². The van der Waals surface area contributed by atoms with Crippen LogP contribution in [-0.2, 0) is 16.1 Å². The van der Waals surface area contributed by atoms with Crippen LogP contribution in [0.4, 0.5) is 0 Å². The van der Waals surface area contributed by atoms with Crippen LogP contribution in [0.3, 0.4) is 0 Å². The molecule has 2 aromatic rings. The molecule has 0 N–H and O–H groups in total. The molecular formula is C23H23ClN2O2. The van der Waals surface area contributed by atoms with Crippen LogP contribution >= 0.6 is 11.6 Å². The largest absolute Gasteiger partial charge is 0.366 e. The standard InChI is InChI=1S/C23H23ClN2O2/c1-16-9-11-17(12-10-16)20-21(25-13-5-2-6-14-25)23(28)26(22(20)27)15-18-7-3-4-8-19(18)24/h3-4,7-12H,2,5-6,13-15H2,1H3. The number of piperidine rings is 1. The average Bonchev–Trinajstić information content (AvgIpc) is 2.95. The Labute approximate surface area is 170 Å². The minimum absolute atomic E-state index is 0.185. The number of rotatable bonds is 4. The summed E-state index contributed by atoms with van der Waals surface area (Å²) in [6.45, 7) is 3.81. The molecule has 0 bridgehead atoms. The molecule has 144 valence electrons. The van der Waals surface area contributed by atoms with Gasteiger partial charge in [0.1, 0.15) is 5.70 Å². The van der Waals surface area contributed by atoms with E-state index in [-0.39, 0.29) is 18.4 Å². The highest BCUT2D eigenvalue weighted by molar-refractivity contribution is 6.35. The summed E-state index contributed by atoms with van der Waals surface area (Å²) in [5.74, 6) is -0.461. The number of aryl methyl sites for hydroxylation is 1. The van der Waals surface area contributed by atoms with Gasteiger partial charge in [-0.15, -0.1) is 0 Å². The van der Waals surface area contributed by atoms with Crippen LogP contribution < -0.4 is 0 Å². The zero-order valence-corrected chi connectivity index (χ0v) is 16.7. The van der Waals surface area contributed by atoms with Gasteiger partial charge >= 0.3 is 0 Å². The molecule has 4 rings (SSSR count). The van der Waals surface area contributed by atoms with E-state index in [1.54, 1.807) is 6.07 Å². The van der Waals surface area contributed by atoms with Crippen molar-refractivity contribution in [1.82, 2.24) is 9.80 Å². The molecule has 2 aromatic carbocycles. The number of hydrogen-bond donors (Lipinski definition) is 0. The number of hydrogen-bond acceptors (Lipinski definition) is 3. The van der Waals surface area contributed by atoms with Crippen LogP contribution in [0.2, 0.25) is 5.02 Å². The van der Waals surface area contributed by atoms with Gasteiger partial charge in [-0.05, 0) is 43.4 Å². The molecule has 2 amide bonds. The maximum Gasteiger partial charge on any atom is 0.278 e. The molecule has 0 aromatic heterocycles. The smallest absolute Gasteiger partial charge is 0.278 e. The Morgan fingerprint density at radius 3 is 2.25 bits per heavy atom. The van der Waals surface area contributed by atoms with Crippen LogP contribution in [0.25, 0.3) is 5.57 Å². The van der Waals surface area contributed by atoms with E-state index in [1.165, 1.54) is 4.90 Å². The van der Waals surface area contributed by atoms with E-state index < -0.39 is 0 Å². The zero-order chi connectivity index (χ0) is 19.7. The maximum atomic E-state index is 13.3. The molecular weight excluding hydrogens is 372 g/mol. The van der Waals surface area contributed by atoms with E-state index in [4.69, 9.17) is 11.6 Å². The molecule has 28 heavy (non-hydrogen) atoms. The van der Waals surface area contributed by atoms with Crippen molar-refractivity contribution in [1.29, 1.82) is 0 Å². The van der Waals surface area contributed by atoms with Crippen molar-refractivity contribution in [2.45, 2.75) is 32.7 Å². The molecule has 1 saturated heterocycles. The monoisotopic (exact) mass is 394 g/mol. The normalized spacial score (nSPS) is 17.6. The lowest BCUT2D eigenvalue weighted by atomic mass is 10.0. The zero-order valence-electron chi connectivity index (χ0n) is 16.0. The molecule has 0 spiro atoms. The van der Waals surface area contributed by atoms with Crippen molar-refractivity contribution in [3.8, 4) is 0 Å². The summed E-state index contributed by atoms with van der Waals surface area (Å²) in [5, 5.41) is 0.561. The van der Waals surface area contributed by atoms with Crippen LogP contribution in [0.1, 0.15) is 36.0 Å².